The number of ether oxygens (including phenoxy) is 1. The molecule has 22 heavy (non-hydrogen) atoms. The second-order valence-electron chi connectivity index (χ2n) is 5.46. The third-order valence-corrected chi connectivity index (χ3v) is 3.63. The Morgan fingerprint density at radius 2 is 1.82 bits per heavy atom. The van der Waals surface area contributed by atoms with Crippen molar-refractivity contribution in [3.8, 4) is 0 Å². The van der Waals surface area contributed by atoms with Gasteiger partial charge in [0.1, 0.15) is 12.7 Å². The summed E-state index contributed by atoms with van der Waals surface area (Å²) in [6.45, 7) is 1.85. The molecule has 0 aliphatic carbocycles. The topological polar surface area (TPSA) is 75.6 Å². The lowest BCUT2D eigenvalue weighted by molar-refractivity contribution is -0.149. The normalized spacial score (nSPS) is 28.7. The standard InChI is InChI=1S/C17H21NO4/c1-12-7-5-6-10-15(19)16(20)18-14(11-22-17(12)21)13-8-3-2-4-9-13/h2-6,8-9,12,14-15,19H,7,10-11H2,1H3,(H,18,20)/b6-5-/t12-,14+,15-/m1/s1. The van der Waals surface area contributed by atoms with Crippen molar-refractivity contribution < 1.29 is 19.4 Å². The molecule has 5 nitrogen and oxygen atoms in total. The number of rotatable bonds is 1. The Balaban J connectivity index is 2.19. The minimum atomic E-state index is -1.10. The molecular formula is C17H21NO4. The van der Waals surface area contributed by atoms with Gasteiger partial charge in [-0.15, -0.1) is 0 Å². The van der Waals surface area contributed by atoms with Crippen LogP contribution < -0.4 is 5.32 Å². The predicted molar refractivity (Wildman–Crippen MR) is 81.8 cm³/mol. The first-order valence-electron chi connectivity index (χ1n) is 7.43. The fourth-order valence-corrected chi connectivity index (χ4v) is 2.21. The highest BCUT2D eigenvalue weighted by molar-refractivity contribution is 5.81. The summed E-state index contributed by atoms with van der Waals surface area (Å²) in [5.41, 5.74) is 0.830. The first-order valence-corrected chi connectivity index (χ1v) is 7.43. The summed E-state index contributed by atoms with van der Waals surface area (Å²) in [6.07, 6.45) is 3.16. The molecule has 2 rings (SSSR count). The van der Waals surface area contributed by atoms with Gasteiger partial charge < -0.3 is 15.2 Å². The van der Waals surface area contributed by atoms with Gasteiger partial charge in [-0.3, -0.25) is 9.59 Å². The second kappa shape index (κ2) is 7.75. The van der Waals surface area contributed by atoms with E-state index in [0.29, 0.717) is 6.42 Å². The molecule has 5 heteroatoms. The molecule has 0 spiro atoms. The molecule has 1 amide bonds. The Labute approximate surface area is 130 Å². The number of carbonyl (C=O) groups excluding carboxylic acids is 2. The van der Waals surface area contributed by atoms with E-state index in [1.54, 1.807) is 19.1 Å². The maximum Gasteiger partial charge on any atom is 0.309 e. The van der Waals surface area contributed by atoms with Gasteiger partial charge in [0.25, 0.3) is 0 Å². The summed E-state index contributed by atoms with van der Waals surface area (Å²) in [5, 5.41) is 12.6. The Kier molecular flexibility index (Phi) is 5.72. The van der Waals surface area contributed by atoms with E-state index >= 15 is 0 Å². The fraction of sp³-hybridized carbons (Fsp3) is 0.412. The van der Waals surface area contributed by atoms with Crippen LogP contribution in [0, 0.1) is 5.92 Å². The minimum absolute atomic E-state index is 0.0510. The molecule has 0 saturated carbocycles. The van der Waals surface area contributed by atoms with Crippen LogP contribution in [0.4, 0.5) is 0 Å². The molecular weight excluding hydrogens is 282 g/mol. The van der Waals surface area contributed by atoms with Gasteiger partial charge in [0.15, 0.2) is 0 Å². The van der Waals surface area contributed by atoms with E-state index in [2.05, 4.69) is 5.32 Å². The second-order valence-corrected chi connectivity index (χ2v) is 5.46. The highest BCUT2D eigenvalue weighted by atomic mass is 16.5. The van der Waals surface area contributed by atoms with Crippen LogP contribution in [-0.2, 0) is 14.3 Å². The largest absolute Gasteiger partial charge is 0.463 e. The average molecular weight is 303 g/mol. The van der Waals surface area contributed by atoms with Gasteiger partial charge in [-0.25, -0.2) is 0 Å². The van der Waals surface area contributed by atoms with Crippen LogP contribution in [0.1, 0.15) is 31.4 Å². The molecule has 0 unspecified atom stereocenters. The number of cyclic esters (lactones) is 1. The molecule has 1 aliphatic heterocycles. The van der Waals surface area contributed by atoms with E-state index in [-0.39, 0.29) is 24.9 Å². The fourth-order valence-electron chi connectivity index (χ4n) is 2.21. The van der Waals surface area contributed by atoms with E-state index in [0.717, 1.165) is 5.56 Å². The third kappa shape index (κ3) is 4.43. The average Bonchev–Trinajstić information content (AvgIpc) is 2.54. The number of hydrogen-bond acceptors (Lipinski definition) is 4. The highest BCUT2D eigenvalue weighted by Gasteiger charge is 2.23. The smallest absolute Gasteiger partial charge is 0.309 e. The molecule has 118 valence electrons. The van der Waals surface area contributed by atoms with Crippen LogP contribution in [0.3, 0.4) is 0 Å². The van der Waals surface area contributed by atoms with Crippen LogP contribution in [0.2, 0.25) is 0 Å². The Morgan fingerprint density at radius 1 is 1.14 bits per heavy atom. The molecule has 0 bridgehead atoms. The van der Waals surface area contributed by atoms with E-state index in [9.17, 15) is 14.7 Å². The zero-order valence-corrected chi connectivity index (χ0v) is 12.6. The number of amides is 1. The maximum atomic E-state index is 12.0. The van der Waals surface area contributed by atoms with Gasteiger partial charge in [-0.1, -0.05) is 49.4 Å². The lowest BCUT2D eigenvalue weighted by atomic mass is 10.0. The lowest BCUT2D eigenvalue weighted by Crippen LogP contribution is -2.39. The first-order chi connectivity index (χ1) is 10.6. The molecule has 2 N–H and O–H groups in total. The summed E-state index contributed by atoms with van der Waals surface area (Å²) in [4.78, 5) is 24.0. The Hall–Kier alpha value is -2.14. The van der Waals surface area contributed by atoms with Crippen molar-refractivity contribution in [2.24, 2.45) is 5.92 Å². The van der Waals surface area contributed by atoms with Gasteiger partial charge in [0, 0.05) is 6.42 Å². The number of nitrogens with one attached hydrogen (secondary N) is 1. The number of allylic oxidation sites excluding steroid dienone is 1. The van der Waals surface area contributed by atoms with E-state index in [1.807, 2.05) is 30.3 Å². The molecule has 1 aliphatic rings. The number of aliphatic hydroxyl groups excluding tert-OH is 1. The number of esters is 1. The van der Waals surface area contributed by atoms with Crippen LogP contribution >= 0.6 is 0 Å². The van der Waals surface area contributed by atoms with Crippen molar-refractivity contribution >= 4 is 11.9 Å². The van der Waals surface area contributed by atoms with E-state index < -0.39 is 18.1 Å². The lowest BCUT2D eigenvalue weighted by Gasteiger charge is -2.22. The quantitative estimate of drug-likeness (QED) is 0.612. The summed E-state index contributed by atoms with van der Waals surface area (Å²) < 4.78 is 5.31. The van der Waals surface area contributed by atoms with Gasteiger partial charge >= 0.3 is 5.97 Å². The zero-order chi connectivity index (χ0) is 15.9. The zero-order valence-electron chi connectivity index (χ0n) is 12.6. The van der Waals surface area contributed by atoms with Crippen LogP contribution in [0.5, 0.6) is 0 Å². The van der Waals surface area contributed by atoms with Gasteiger partial charge in [0.2, 0.25) is 5.91 Å². The third-order valence-electron chi connectivity index (χ3n) is 3.63. The van der Waals surface area contributed by atoms with Gasteiger partial charge in [0.05, 0.1) is 12.0 Å². The summed E-state index contributed by atoms with van der Waals surface area (Å²) >= 11 is 0. The molecule has 0 fully saturated rings. The van der Waals surface area contributed by atoms with E-state index in [1.165, 1.54) is 0 Å². The summed E-state index contributed by atoms with van der Waals surface area (Å²) in [5.74, 6) is -1.01. The highest BCUT2D eigenvalue weighted by Crippen LogP contribution is 2.16. The van der Waals surface area contributed by atoms with Crippen molar-refractivity contribution in [2.45, 2.75) is 31.9 Å². The molecule has 0 saturated heterocycles. The van der Waals surface area contributed by atoms with Gasteiger partial charge in [-0.05, 0) is 12.0 Å². The first kappa shape index (κ1) is 16.2. The molecule has 0 aromatic heterocycles. The van der Waals surface area contributed by atoms with Crippen LogP contribution in [0.15, 0.2) is 42.5 Å². The van der Waals surface area contributed by atoms with Crippen LogP contribution in [0.25, 0.3) is 0 Å². The Bertz CT molecular complexity index is 541. The molecule has 1 heterocycles. The molecule has 1 aromatic rings. The number of hydrogen-bond donors (Lipinski definition) is 2. The SMILES string of the molecule is C[C@@H]1C/C=C\C[C@@H](O)C(=O)N[C@H](c2ccccc2)COC1=O. The number of carbonyl (C=O) groups is 2. The summed E-state index contributed by atoms with van der Waals surface area (Å²) in [6, 6.07) is 8.79. The number of aliphatic hydroxyl groups is 1. The predicted octanol–water partition coefficient (Wildman–Crippen LogP) is 1.73. The molecule has 1 aromatic carbocycles. The monoisotopic (exact) mass is 303 g/mol. The number of benzene rings is 1. The van der Waals surface area contributed by atoms with Crippen molar-refractivity contribution in [2.75, 3.05) is 6.61 Å². The van der Waals surface area contributed by atoms with E-state index in [4.69, 9.17) is 4.74 Å². The summed E-state index contributed by atoms with van der Waals surface area (Å²) in [7, 11) is 0. The molecule has 0 radical (unpaired) electrons. The minimum Gasteiger partial charge on any atom is -0.463 e. The van der Waals surface area contributed by atoms with Gasteiger partial charge in [-0.2, -0.15) is 0 Å². The van der Waals surface area contributed by atoms with Crippen molar-refractivity contribution in [3.63, 3.8) is 0 Å². The molecule has 3 atom stereocenters. The van der Waals surface area contributed by atoms with Crippen LogP contribution in [-0.4, -0.2) is 29.7 Å². The Morgan fingerprint density at radius 3 is 2.55 bits per heavy atom. The van der Waals surface area contributed by atoms with Crippen molar-refractivity contribution in [1.29, 1.82) is 0 Å². The van der Waals surface area contributed by atoms with Crippen molar-refractivity contribution in [3.05, 3.63) is 48.0 Å². The van der Waals surface area contributed by atoms with Crippen molar-refractivity contribution in [1.82, 2.24) is 5.32 Å². The maximum absolute atomic E-state index is 12.0.